The first-order chi connectivity index (χ1) is 11.4. The summed E-state index contributed by atoms with van der Waals surface area (Å²) in [7, 11) is 0. The van der Waals surface area contributed by atoms with Crippen LogP contribution in [-0.4, -0.2) is 38.9 Å². The number of hydrogen-bond donors (Lipinski definition) is 0. The second-order valence-corrected chi connectivity index (χ2v) is 5.17. The molecule has 4 aromatic rings. The van der Waals surface area contributed by atoms with Crippen molar-refractivity contribution in [1.29, 1.82) is 0 Å². The van der Waals surface area contributed by atoms with Crippen molar-refractivity contribution in [3.8, 4) is 11.4 Å². The lowest BCUT2D eigenvalue weighted by Gasteiger charge is -2.07. The predicted octanol–water partition coefficient (Wildman–Crippen LogP) is 1.45. The Bertz CT molecular complexity index is 932. The Morgan fingerprint density at radius 1 is 1.09 bits per heavy atom. The monoisotopic (exact) mass is 308 g/mol. The predicted molar refractivity (Wildman–Crippen MR) is 83.6 cm³/mol. The average molecular weight is 308 g/mol. The highest BCUT2D eigenvalue weighted by molar-refractivity contribution is 5.72. The molecule has 0 aliphatic rings. The number of imidazole rings is 1. The van der Waals surface area contributed by atoms with Crippen molar-refractivity contribution in [1.82, 2.24) is 38.9 Å². The fraction of sp³-hybridized carbons (Fsp3) is 0.267. The summed E-state index contributed by atoms with van der Waals surface area (Å²) in [5.74, 6) is 1.84. The standard InChI is InChI=1S/C15H16N8/c1-2-21-11-18-20-13(21)4-8-22-9-6-17-14(22)12-10-19-23-7-3-5-16-15(12)23/h3,5-7,9-11H,2,4,8H2,1H3. The van der Waals surface area contributed by atoms with Gasteiger partial charge in [0.15, 0.2) is 5.65 Å². The van der Waals surface area contributed by atoms with Crippen LogP contribution >= 0.6 is 0 Å². The molecular weight excluding hydrogens is 292 g/mol. The molecule has 8 nitrogen and oxygen atoms in total. The van der Waals surface area contributed by atoms with E-state index in [1.54, 1.807) is 29.4 Å². The minimum absolute atomic E-state index is 0.776. The molecule has 0 spiro atoms. The highest BCUT2D eigenvalue weighted by Gasteiger charge is 2.13. The quantitative estimate of drug-likeness (QED) is 0.557. The first-order valence-electron chi connectivity index (χ1n) is 7.53. The van der Waals surface area contributed by atoms with Gasteiger partial charge in [-0.05, 0) is 13.0 Å². The zero-order valence-electron chi connectivity index (χ0n) is 12.7. The maximum Gasteiger partial charge on any atom is 0.165 e. The summed E-state index contributed by atoms with van der Waals surface area (Å²) in [6.07, 6.45) is 11.8. The fourth-order valence-electron chi connectivity index (χ4n) is 2.68. The van der Waals surface area contributed by atoms with Gasteiger partial charge in [-0.1, -0.05) is 0 Å². The van der Waals surface area contributed by atoms with E-state index < -0.39 is 0 Å². The van der Waals surface area contributed by atoms with Crippen molar-refractivity contribution in [3.05, 3.63) is 49.2 Å². The molecule has 0 unspecified atom stereocenters. The molecule has 4 rings (SSSR count). The van der Waals surface area contributed by atoms with E-state index in [9.17, 15) is 0 Å². The van der Waals surface area contributed by atoms with Crippen LogP contribution in [0.15, 0.2) is 43.4 Å². The Morgan fingerprint density at radius 2 is 2.04 bits per heavy atom. The minimum atomic E-state index is 0.776. The zero-order chi connectivity index (χ0) is 15.6. The van der Waals surface area contributed by atoms with Crippen LogP contribution in [-0.2, 0) is 19.5 Å². The maximum atomic E-state index is 4.48. The Kier molecular flexibility index (Phi) is 3.34. The molecule has 0 atom stereocenters. The van der Waals surface area contributed by atoms with Crippen molar-refractivity contribution in [3.63, 3.8) is 0 Å². The van der Waals surface area contributed by atoms with E-state index in [1.807, 2.05) is 23.0 Å². The van der Waals surface area contributed by atoms with Crippen molar-refractivity contribution < 1.29 is 0 Å². The minimum Gasteiger partial charge on any atom is -0.330 e. The Hall–Kier alpha value is -3.03. The van der Waals surface area contributed by atoms with Crippen molar-refractivity contribution in [2.45, 2.75) is 26.4 Å². The van der Waals surface area contributed by atoms with E-state index in [-0.39, 0.29) is 0 Å². The third kappa shape index (κ3) is 2.37. The topological polar surface area (TPSA) is 78.7 Å². The van der Waals surface area contributed by atoms with Gasteiger partial charge in [0.1, 0.15) is 18.0 Å². The summed E-state index contributed by atoms with van der Waals surface area (Å²) >= 11 is 0. The third-order valence-electron chi connectivity index (χ3n) is 3.85. The number of aromatic nitrogens is 8. The average Bonchev–Trinajstić information content (AvgIpc) is 3.30. The van der Waals surface area contributed by atoms with Gasteiger partial charge in [-0.2, -0.15) is 5.10 Å². The van der Waals surface area contributed by atoms with Crippen LogP contribution < -0.4 is 0 Å². The van der Waals surface area contributed by atoms with Gasteiger partial charge < -0.3 is 9.13 Å². The molecule has 0 aliphatic carbocycles. The fourth-order valence-corrected chi connectivity index (χ4v) is 2.68. The molecule has 0 amide bonds. The van der Waals surface area contributed by atoms with Crippen LogP contribution in [0.25, 0.3) is 17.0 Å². The second kappa shape index (κ2) is 5.64. The third-order valence-corrected chi connectivity index (χ3v) is 3.85. The largest absolute Gasteiger partial charge is 0.330 e. The van der Waals surface area contributed by atoms with Gasteiger partial charge in [-0.3, -0.25) is 0 Å². The summed E-state index contributed by atoms with van der Waals surface area (Å²) in [4.78, 5) is 8.87. The summed E-state index contributed by atoms with van der Waals surface area (Å²) in [5.41, 5.74) is 1.73. The molecule has 0 aromatic carbocycles. The van der Waals surface area contributed by atoms with E-state index in [0.717, 1.165) is 42.4 Å². The number of hydrogen-bond acceptors (Lipinski definition) is 5. The maximum absolute atomic E-state index is 4.48. The highest BCUT2D eigenvalue weighted by atomic mass is 15.3. The van der Waals surface area contributed by atoms with E-state index in [2.05, 4.69) is 36.8 Å². The van der Waals surface area contributed by atoms with Crippen LogP contribution in [0.2, 0.25) is 0 Å². The van der Waals surface area contributed by atoms with Gasteiger partial charge in [0, 0.05) is 44.3 Å². The lowest BCUT2D eigenvalue weighted by molar-refractivity contribution is 0.628. The summed E-state index contributed by atoms with van der Waals surface area (Å²) in [6, 6.07) is 1.85. The first-order valence-corrected chi connectivity index (χ1v) is 7.53. The number of nitrogens with zero attached hydrogens (tertiary/aromatic N) is 8. The Balaban J connectivity index is 1.64. The van der Waals surface area contributed by atoms with Crippen molar-refractivity contribution in [2.75, 3.05) is 0 Å². The zero-order valence-corrected chi connectivity index (χ0v) is 12.7. The lowest BCUT2D eigenvalue weighted by Crippen LogP contribution is -2.07. The van der Waals surface area contributed by atoms with Crippen LogP contribution in [0.1, 0.15) is 12.7 Å². The van der Waals surface area contributed by atoms with Gasteiger partial charge in [-0.15, -0.1) is 10.2 Å². The molecule has 0 N–H and O–H groups in total. The molecule has 0 radical (unpaired) electrons. The second-order valence-electron chi connectivity index (χ2n) is 5.17. The van der Waals surface area contributed by atoms with Crippen LogP contribution in [0.3, 0.4) is 0 Å². The van der Waals surface area contributed by atoms with E-state index in [4.69, 9.17) is 0 Å². The van der Waals surface area contributed by atoms with Gasteiger partial charge in [-0.25, -0.2) is 14.5 Å². The van der Waals surface area contributed by atoms with E-state index in [0.29, 0.717) is 0 Å². The molecule has 116 valence electrons. The molecule has 0 aliphatic heterocycles. The normalized spacial score (nSPS) is 11.3. The number of rotatable bonds is 5. The van der Waals surface area contributed by atoms with E-state index >= 15 is 0 Å². The summed E-state index contributed by atoms with van der Waals surface area (Å²) < 4.78 is 5.90. The molecule has 4 heterocycles. The number of fused-ring (bicyclic) bond motifs is 1. The molecular formula is C15H16N8. The number of aryl methyl sites for hydroxylation is 3. The van der Waals surface area contributed by atoms with Crippen molar-refractivity contribution >= 4 is 5.65 Å². The summed E-state index contributed by atoms with van der Waals surface area (Å²) in [5, 5.41) is 12.5. The molecule has 8 heteroatoms. The van der Waals surface area contributed by atoms with Gasteiger partial charge in [0.05, 0.1) is 11.8 Å². The van der Waals surface area contributed by atoms with Crippen LogP contribution in [0.4, 0.5) is 0 Å². The van der Waals surface area contributed by atoms with Gasteiger partial charge in [0.25, 0.3) is 0 Å². The molecule has 4 aromatic heterocycles. The first kappa shape index (κ1) is 13.6. The van der Waals surface area contributed by atoms with Crippen LogP contribution in [0, 0.1) is 0 Å². The van der Waals surface area contributed by atoms with Gasteiger partial charge >= 0.3 is 0 Å². The van der Waals surface area contributed by atoms with Gasteiger partial charge in [0.2, 0.25) is 0 Å². The summed E-state index contributed by atoms with van der Waals surface area (Å²) in [6.45, 7) is 3.73. The molecule has 23 heavy (non-hydrogen) atoms. The molecule has 0 saturated heterocycles. The van der Waals surface area contributed by atoms with Crippen LogP contribution in [0.5, 0.6) is 0 Å². The van der Waals surface area contributed by atoms with E-state index in [1.165, 1.54) is 0 Å². The van der Waals surface area contributed by atoms with Crippen molar-refractivity contribution in [2.24, 2.45) is 0 Å². The lowest BCUT2D eigenvalue weighted by atomic mass is 10.3. The highest BCUT2D eigenvalue weighted by Crippen LogP contribution is 2.21. The smallest absolute Gasteiger partial charge is 0.165 e. The Labute approximate surface area is 132 Å². The molecule has 0 fully saturated rings. The molecule has 0 saturated carbocycles. The SMILES string of the molecule is CCn1cnnc1CCn1ccnc1-c1cnn2cccnc12. The Morgan fingerprint density at radius 3 is 2.96 bits per heavy atom. The molecule has 0 bridgehead atoms.